The summed E-state index contributed by atoms with van der Waals surface area (Å²) in [6.45, 7) is 3.69. The third kappa shape index (κ3) is 2.36. The summed E-state index contributed by atoms with van der Waals surface area (Å²) in [6, 6.07) is 8.13. The van der Waals surface area contributed by atoms with Crippen molar-refractivity contribution in [1.29, 1.82) is 0 Å². The minimum Gasteiger partial charge on any atom is -0.497 e. The van der Waals surface area contributed by atoms with Gasteiger partial charge in [0.15, 0.2) is 0 Å². The molecule has 2 aromatic rings. The Hall–Kier alpha value is -2.31. The number of aliphatic hydroxyl groups excluding tert-OH is 1. The maximum atomic E-state index is 12.3. The van der Waals surface area contributed by atoms with Gasteiger partial charge in [-0.1, -0.05) is 18.2 Å². The summed E-state index contributed by atoms with van der Waals surface area (Å²) in [5.74, 6) is -0.654. The van der Waals surface area contributed by atoms with E-state index in [1.165, 1.54) is 24.3 Å². The molecule has 1 saturated heterocycles. The normalized spacial score (nSPS) is 32.7. The Kier molecular flexibility index (Phi) is 3.81. The Morgan fingerprint density at radius 3 is 3.00 bits per heavy atom. The molecule has 27 heavy (non-hydrogen) atoms. The lowest BCUT2D eigenvalue weighted by molar-refractivity contribution is -0.143. The van der Waals surface area contributed by atoms with Crippen LogP contribution in [0.25, 0.3) is 10.9 Å². The number of fused-ring (bicyclic) bond motifs is 6. The number of esters is 1. The zero-order chi connectivity index (χ0) is 18.7. The van der Waals surface area contributed by atoms with Gasteiger partial charge in [-0.05, 0) is 25.0 Å². The van der Waals surface area contributed by atoms with Gasteiger partial charge in [-0.2, -0.15) is 0 Å². The quantitative estimate of drug-likeness (QED) is 0.755. The van der Waals surface area contributed by atoms with E-state index in [0.717, 1.165) is 30.7 Å². The number of nitrogens with zero attached hydrogens (tertiary/aromatic N) is 1. The van der Waals surface area contributed by atoms with Crippen molar-refractivity contribution in [2.24, 2.45) is 11.8 Å². The average molecular weight is 368 g/mol. The number of nitrogens with one attached hydrogen (secondary N) is 1. The van der Waals surface area contributed by atoms with Crippen LogP contribution in [0.15, 0.2) is 36.1 Å². The molecule has 4 heterocycles. The SMILES string of the molecule is COC(=O)C1=CO[C@H](C)[C@@H]2CN3CCc4c([nH]c5ccccc45)[C@H]3[C@@H](O)[C@H]12. The van der Waals surface area contributed by atoms with Crippen LogP contribution in [-0.2, 0) is 20.7 Å². The number of piperidine rings is 1. The molecule has 5 atom stereocenters. The second-order valence-corrected chi connectivity index (χ2v) is 7.84. The van der Waals surface area contributed by atoms with Crippen LogP contribution in [0.3, 0.4) is 0 Å². The highest BCUT2D eigenvalue weighted by Gasteiger charge is 2.52. The summed E-state index contributed by atoms with van der Waals surface area (Å²) in [5.41, 5.74) is 3.91. The van der Waals surface area contributed by atoms with Crippen molar-refractivity contribution in [2.75, 3.05) is 20.2 Å². The Bertz CT molecular complexity index is 933. The van der Waals surface area contributed by atoms with Crippen LogP contribution in [0.5, 0.6) is 0 Å². The molecule has 6 heteroatoms. The molecular formula is C21H24N2O4. The summed E-state index contributed by atoms with van der Waals surface area (Å²) in [6.07, 6.45) is 1.69. The fourth-order valence-corrected chi connectivity index (χ4v) is 5.26. The van der Waals surface area contributed by atoms with Crippen LogP contribution < -0.4 is 0 Å². The molecule has 2 N–H and O–H groups in total. The Morgan fingerprint density at radius 1 is 1.37 bits per heavy atom. The van der Waals surface area contributed by atoms with Crippen molar-refractivity contribution in [3.63, 3.8) is 0 Å². The number of hydrogen-bond acceptors (Lipinski definition) is 5. The summed E-state index contributed by atoms with van der Waals surface area (Å²) >= 11 is 0. The number of aromatic amines is 1. The number of aliphatic hydroxyl groups is 1. The molecule has 0 saturated carbocycles. The second kappa shape index (κ2) is 6.11. The van der Waals surface area contributed by atoms with Crippen molar-refractivity contribution >= 4 is 16.9 Å². The van der Waals surface area contributed by atoms with Crippen molar-refractivity contribution < 1.29 is 19.4 Å². The fourth-order valence-electron chi connectivity index (χ4n) is 5.26. The third-order valence-corrected chi connectivity index (χ3v) is 6.58. The van der Waals surface area contributed by atoms with Crippen LogP contribution in [0.4, 0.5) is 0 Å². The topological polar surface area (TPSA) is 74.8 Å². The van der Waals surface area contributed by atoms with Crippen LogP contribution in [0.2, 0.25) is 0 Å². The van der Waals surface area contributed by atoms with Gasteiger partial charge in [0.25, 0.3) is 0 Å². The molecule has 142 valence electrons. The van der Waals surface area contributed by atoms with Gasteiger partial charge in [0.05, 0.1) is 37.2 Å². The minimum absolute atomic E-state index is 0.0527. The number of hydrogen-bond donors (Lipinski definition) is 2. The number of aromatic nitrogens is 1. The highest BCUT2D eigenvalue weighted by Crippen LogP contribution is 2.47. The zero-order valence-electron chi connectivity index (χ0n) is 15.5. The monoisotopic (exact) mass is 368 g/mol. The van der Waals surface area contributed by atoms with E-state index in [4.69, 9.17) is 9.47 Å². The van der Waals surface area contributed by atoms with E-state index in [9.17, 15) is 9.90 Å². The Labute approximate surface area is 157 Å². The van der Waals surface area contributed by atoms with Crippen molar-refractivity contribution in [2.45, 2.75) is 31.6 Å². The van der Waals surface area contributed by atoms with Gasteiger partial charge in [-0.25, -0.2) is 4.79 Å². The van der Waals surface area contributed by atoms with E-state index in [-0.39, 0.29) is 24.0 Å². The molecule has 0 amide bonds. The van der Waals surface area contributed by atoms with E-state index in [1.54, 1.807) is 0 Å². The van der Waals surface area contributed by atoms with Crippen molar-refractivity contribution in [3.05, 3.63) is 47.4 Å². The maximum Gasteiger partial charge on any atom is 0.337 e. The number of H-pyrrole nitrogens is 1. The number of ether oxygens (including phenoxy) is 2. The number of rotatable bonds is 1. The van der Waals surface area contributed by atoms with Gasteiger partial charge in [0, 0.05) is 41.5 Å². The lowest BCUT2D eigenvalue weighted by Crippen LogP contribution is -2.58. The van der Waals surface area contributed by atoms with Crippen LogP contribution >= 0.6 is 0 Å². The number of carbonyl (C=O) groups is 1. The smallest absolute Gasteiger partial charge is 0.337 e. The molecule has 1 aromatic carbocycles. The predicted molar refractivity (Wildman–Crippen MR) is 99.9 cm³/mol. The molecule has 0 spiro atoms. The fraction of sp³-hybridized carbons (Fsp3) is 0.476. The molecule has 1 aromatic heterocycles. The lowest BCUT2D eigenvalue weighted by Gasteiger charge is -2.51. The number of methoxy groups -OCH3 is 1. The zero-order valence-corrected chi connectivity index (χ0v) is 15.5. The lowest BCUT2D eigenvalue weighted by atomic mass is 9.70. The third-order valence-electron chi connectivity index (χ3n) is 6.58. The molecular weight excluding hydrogens is 344 g/mol. The van der Waals surface area contributed by atoms with Crippen LogP contribution in [0, 0.1) is 11.8 Å². The van der Waals surface area contributed by atoms with Gasteiger partial charge < -0.3 is 19.6 Å². The summed E-state index contributed by atoms with van der Waals surface area (Å²) < 4.78 is 10.7. The first-order chi connectivity index (χ1) is 13.1. The number of benzene rings is 1. The van der Waals surface area contributed by atoms with E-state index >= 15 is 0 Å². The van der Waals surface area contributed by atoms with Gasteiger partial charge in [-0.15, -0.1) is 0 Å². The molecule has 3 aliphatic heterocycles. The van der Waals surface area contributed by atoms with Gasteiger partial charge in [0.1, 0.15) is 0 Å². The minimum atomic E-state index is -0.701. The molecule has 0 aliphatic carbocycles. The first-order valence-corrected chi connectivity index (χ1v) is 9.55. The van der Waals surface area contributed by atoms with Crippen molar-refractivity contribution in [1.82, 2.24) is 9.88 Å². The van der Waals surface area contributed by atoms with Gasteiger partial charge >= 0.3 is 5.97 Å². The second-order valence-electron chi connectivity index (χ2n) is 7.84. The molecule has 1 fully saturated rings. The molecule has 3 aliphatic rings. The maximum absolute atomic E-state index is 12.3. The Balaban J connectivity index is 1.60. The van der Waals surface area contributed by atoms with E-state index < -0.39 is 12.1 Å². The first-order valence-electron chi connectivity index (χ1n) is 9.55. The first kappa shape index (κ1) is 16.8. The number of carbonyl (C=O) groups excluding carboxylic acids is 1. The average Bonchev–Trinajstić information content (AvgIpc) is 3.06. The summed E-state index contributed by atoms with van der Waals surface area (Å²) in [5, 5.41) is 12.7. The predicted octanol–water partition coefficient (Wildman–Crippen LogP) is 2.15. The summed E-state index contributed by atoms with van der Waals surface area (Å²) in [7, 11) is 1.37. The van der Waals surface area contributed by atoms with E-state index in [0.29, 0.717) is 5.57 Å². The highest BCUT2D eigenvalue weighted by atomic mass is 16.5. The largest absolute Gasteiger partial charge is 0.497 e. The summed E-state index contributed by atoms with van der Waals surface area (Å²) in [4.78, 5) is 18.2. The standard InChI is InChI=1S/C21H24N2O4/c1-11-14-9-23-8-7-13-12-5-3-4-6-16(12)22-18(13)19(23)20(24)17(14)15(10-27-11)21(25)26-2/h3-6,10-11,14,17,19-20,22,24H,7-9H2,1-2H3/t11-,14+,17+,19+,20+/m1/s1. The highest BCUT2D eigenvalue weighted by molar-refractivity contribution is 5.89. The molecule has 6 nitrogen and oxygen atoms in total. The van der Waals surface area contributed by atoms with Crippen molar-refractivity contribution in [3.8, 4) is 0 Å². The number of para-hydroxylation sites is 1. The molecule has 5 rings (SSSR count). The van der Waals surface area contributed by atoms with Crippen LogP contribution in [0.1, 0.15) is 24.2 Å². The molecule has 0 radical (unpaired) electrons. The van der Waals surface area contributed by atoms with Gasteiger partial charge in [-0.3, -0.25) is 4.90 Å². The van der Waals surface area contributed by atoms with Crippen LogP contribution in [-0.4, -0.2) is 53.4 Å². The van der Waals surface area contributed by atoms with E-state index in [1.807, 2.05) is 13.0 Å². The molecule has 0 unspecified atom stereocenters. The van der Waals surface area contributed by atoms with E-state index in [2.05, 4.69) is 28.1 Å². The van der Waals surface area contributed by atoms with Gasteiger partial charge in [0.2, 0.25) is 0 Å². The Morgan fingerprint density at radius 2 is 2.19 bits per heavy atom. The molecule has 0 bridgehead atoms.